The number of nitrogens with one attached hydrogen (secondary N) is 1. The van der Waals surface area contributed by atoms with Crippen LogP contribution in [0.3, 0.4) is 0 Å². The predicted octanol–water partition coefficient (Wildman–Crippen LogP) is 4.94. The van der Waals surface area contributed by atoms with Gasteiger partial charge in [0.05, 0.1) is 16.1 Å². The number of halogens is 2. The summed E-state index contributed by atoms with van der Waals surface area (Å²) in [6.45, 7) is 0.816. The van der Waals surface area contributed by atoms with Crippen molar-refractivity contribution in [2.45, 2.75) is 38.2 Å². The van der Waals surface area contributed by atoms with Gasteiger partial charge in [-0.2, -0.15) is 0 Å². The topological polar surface area (TPSA) is 51.2 Å². The third-order valence-electron chi connectivity index (χ3n) is 3.88. The number of thiazole rings is 1. The third-order valence-corrected chi connectivity index (χ3v) is 5.53. The van der Waals surface area contributed by atoms with E-state index in [1.165, 1.54) is 11.3 Å². The van der Waals surface area contributed by atoms with Crippen molar-refractivity contribution in [3.8, 4) is 0 Å². The lowest BCUT2D eigenvalue weighted by Crippen LogP contribution is -2.15. The second-order valence-electron chi connectivity index (χ2n) is 5.78. The van der Waals surface area contributed by atoms with E-state index in [0.717, 1.165) is 36.3 Å². The van der Waals surface area contributed by atoms with Crippen molar-refractivity contribution >= 4 is 45.6 Å². The molecule has 2 heterocycles. The smallest absolute Gasteiger partial charge is 0.226 e. The molecular formula is C17H18Cl2N2O2S. The van der Waals surface area contributed by atoms with Gasteiger partial charge in [-0.3, -0.25) is 4.79 Å². The number of rotatable bonds is 6. The average molecular weight is 385 g/mol. The lowest BCUT2D eigenvalue weighted by Gasteiger charge is -2.07. The Morgan fingerprint density at radius 2 is 2.25 bits per heavy atom. The Hall–Kier alpha value is -1.14. The molecule has 3 rings (SSSR count). The number of carbonyl (C=O) groups is 1. The van der Waals surface area contributed by atoms with Crippen molar-refractivity contribution in [3.63, 3.8) is 0 Å². The monoisotopic (exact) mass is 384 g/mol. The van der Waals surface area contributed by atoms with Gasteiger partial charge in [0.25, 0.3) is 0 Å². The van der Waals surface area contributed by atoms with E-state index < -0.39 is 0 Å². The van der Waals surface area contributed by atoms with E-state index in [-0.39, 0.29) is 12.0 Å². The Morgan fingerprint density at radius 3 is 3.00 bits per heavy atom. The van der Waals surface area contributed by atoms with Crippen LogP contribution in [0, 0.1) is 0 Å². The molecule has 2 aromatic rings. The fraction of sp³-hybridized carbons (Fsp3) is 0.412. The molecule has 1 amide bonds. The highest BCUT2D eigenvalue weighted by atomic mass is 35.5. The van der Waals surface area contributed by atoms with Gasteiger partial charge in [0, 0.05) is 30.5 Å². The highest BCUT2D eigenvalue weighted by Gasteiger charge is 2.17. The largest absolute Gasteiger partial charge is 0.378 e. The van der Waals surface area contributed by atoms with Crippen LogP contribution < -0.4 is 5.32 Å². The minimum Gasteiger partial charge on any atom is -0.378 e. The summed E-state index contributed by atoms with van der Waals surface area (Å²) in [4.78, 5) is 17.3. The van der Waals surface area contributed by atoms with Gasteiger partial charge in [0.2, 0.25) is 5.91 Å². The minimum absolute atomic E-state index is 0.0130. The molecule has 0 saturated carbocycles. The van der Waals surface area contributed by atoms with Crippen LogP contribution in [0.15, 0.2) is 24.4 Å². The van der Waals surface area contributed by atoms with Gasteiger partial charge in [-0.05, 0) is 37.0 Å². The van der Waals surface area contributed by atoms with Crippen LogP contribution in [-0.4, -0.2) is 23.6 Å². The molecule has 128 valence electrons. The number of hydrogen-bond donors (Lipinski definition) is 1. The molecule has 1 aliphatic heterocycles. The molecule has 24 heavy (non-hydrogen) atoms. The van der Waals surface area contributed by atoms with E-state index in [0.29, 0.717) is 28.0 Å². The summed E-state index contributed by atoms with van der Waals surface area (Å²) in [6, 6.07) is 5.57. The standard InChI is InChI=1S/C17H18Cl2N2O2S/c18-14-5-3-11(9-15(14)19)8-13-10-20-17(24-13)21-16(22)6-4-12-2-1-7-23-12/h3,5,9-10,12H,1-2,4,6-8H2,(H,20,21,22)/t12-/m0/s1. The first kappa shape index (κ1) is 17.7. The maximum atomic E-state index is 12.0. The van der Waals surface area contributed by atoms with E-state index in [4.69, 9.17) is 27.9 Å². The molecule has 1 fully saturated rings. The van der Waals surface area contributed by atoms with Gasteiger partial charge in [0.1, 0.15) is 0 Å². The number of aromatic nitrogens is 1. The van der Waals surface area contributed by atoms with Crippen molar-refractivity contribution in [1.82, 2.24) is 4.98 Å². The number of benzene rings is 1. The van der Waals surface area contributed by atoms with Gasteiger partial charge < -0.3 is 10.1 Å². The SMILES string of the molecule is O=C(CC[C@@H]1CCCO1)Nc1ncc(Cc2ccc(Cl)c(Cl)c2)s1. The molecule has 0 unspecified atom stereocenters. The molecule has 0 bridgehead atoms. The number of anilines is 1. The third kappa shape index (κ3) is 4.93. The van der Waals surface area contributed by atoms with Gasteiger partial charge in [-0.15, -0.1) is 11.3 Å². The van der Waals surface area contributed by atoms with Crippen LogP contribution in [0.1, 0.15) is 36.1 Å². The molecule has 1 aromatic heterocycles. The molecule has 1 atom stereocenters. The molecule has 1 saturated heterocycles. The normalized spacial score (nSPS) is 17.2. The fourth-order valence-corrected chi connectivity index (χ4v) is 3.83. The Bertz CT molecular complexity index is 714. The fourth-order valence-electron chi connectivity index (χ4n) is 2.64. The predicted molar refractivity (Wildman–Crippen MR) is 98.2 cm³/mol. The second kappa shape index (κ2) is 8.30. The summed E-state index contributed by atoms with van der Waals surface area (Å²) in [5.41, 5.74) is 1.06. The van der Waals surface area contributed by atoms with Gasteiger partial charge in [-0.1, -0.05) is 29.3 Å². The Balaban J connectivity index is 1.51. The van der Waals surface area contributed by atoms with Crippen LogP contribution in [0.4, 0.5) is 5.13 Å². The molecule has 1 aliphatic rings. The van der Waals surface area contributed by atoms with Gasteiger partial charge in [-0.25, -0.2) is 4.98 Å². The summed E-state index contributed by atoms with van der Waals surface area (Å²) in [5.74, 6) is -0.0130. The van der Waals surface area contributed by atoms with Crippen LogP contribution >= 0.6 is 34.5 Å². The highest BCUT2D eigenvalue weighted by molar-refractivity contribution is 7.15. The summed E-state index contributed by atoms with van der Waals surface area (Å²) >= 11 is 13.4. The Labute approximate surface area is 155 Å². The average Bonchev–Trinajstić information content (AvgIpc) is 3.21. The van der Waals surface area contributed by atoms with E-state index in [9.17, 15) is 4.79 Å². The van der Waals surface area contributed by atoms with Gasteiger partial charge >= 0.3 is 0 Å². The van der Waals surface area contributed by atoms with Crippen LogP contribution in [0.2, 0.25) is 10.0 Å². The minimum atomic E-state index is -0.0130. The van der Waals surface area contributed by atoms with Crippen molar-refractivity contribution in [3.05, 3.63) is 44.9 Å². The lowest BCUT2D eigenvalue weighted by atomic mass is 10.1. The molecule has 1 N–H and O–H groups in total. The Kier molecular flexibility index (Phi) is 6.11. The first-order valence-corrected chi connectivity index (χ1v) is 9.47. The lowest BCUT2D eigenvalue weighted by molar-refractivity contribution is -0.116. The summed E-state index contributed by atoms with van der Waals surface area (Å²) < 4.78 is 5.53. The van der Waals surface area contributed by atoms with Crippen molar-refractivity contribution in [2.24, 2.45) is 0 Å². The molecule has 4 nitrogen and oxygen atoms in total. The van der Waals surface area contributed by atoms with Crippen LogP contribution in [0.25, 0.3) is 0 Å². The molecule has 0 spiro atoms. The summed E-state index contributed by atoms with van der Waals surface area (Å²) in [5, 5.41) is 4.57. The van der Waals surface area contributed by atoms with E-state index >= 15 is 0 Å². The molecule has 0 radical (unpaired) electrons. The highest BCUT2D eigenvalue weighted by Crippen LogP contribution is 2.26. The zero-order valence-electron chi connectivity index (χ0n) is 13.1. The molecule has 0 aliphatic carbocycles. The van der Waals surface area contributed by atoms with Crippen molar-refractivity contribution in [2.75, 3.05) is 11.9 Å². The summed E-state index contributed by atoms with van der Waals surface area (Å²) in [7, 11) is 0. The zero-order valence-corrected chi connectivity index (χ0v) is 15.4. The molecular weight excluding hydrogens is 367 g/mol. The van der Waals surface area contributed by atoms with Gasteiger partial charge in [0.15, 0.2) is 5.13 Å². The van der Waals surface area contributed by atoms with E-state index in [1.807, 2.05) is 12.1 Å². The number of nitrogens with zero attached hydrogens (tertiary/aromatic N) is 1. The quantitative estimate of drug-likeness (QED) is 0.767. The Morgan fingerprint density at radius 1 is 1.38 bits per heavy atom. The number of hydrogen-bond acceptors (Lipinski definition) is 4. The van der Waals surface area contributed by atoms with Crippen molar-refractivity contribution in [1.29, 1.82) is 0 Å². The van der Waals surface area contributed by atoms with E-state index in [1.54, 1.807) is 12.3 Å². The van der Waals surface area contributed by atoms with E-state index in [2.05, 4.69) is 10.3 Å². The first-order chi connectivity index (χ1) is 11.6. The number of ether oxygens (including phenoxy) is 1. The molecule has 1 aromatic carbocycles. The number of carbonyl (C=O) groups excluding carboxylic acids is 1. The first-order valence-electron chi connectivity index (χ1n) is 7.90. The molecule has 7 heteroatoms. The van der Waals surface area contributed by atoms with Crippen LogP contribution in [0.5, 0.6) is 0 Å². The summed E-state index contributed by atoms with van der Waals surface area (Å²) in [6.07, 6.45) is 6.11. The van der Waals surface area contributed by atoms with Crippen molar-refractivity contribution < 1.29 is 9.53 Å². The van der Waals surface area contributed by atoms with Crippen LogP contribution in [-0.2, 0) is 16.0 Å². The maximum Gasteiger partial charge on any atom is 0.226 e. The maximum absolute atomic E-state index is 12.0. The number of amides is 1. The zero-order chi connectivity index (χ0) is 16.9. The second-order valence-corrected chi connectivity index (χ2v) is 7.71.